The van der Waals surface area contributed by atoms with E-state index in [1.807, 2.05) is 56.3 Å². The Balaban J connectivity index is 0.000000852. The van der Waals surface area contributed by atoms with Crippen LogP contribution in [0.3, 0.4) is 0 Å². The molecule has 0 heterocycles. The molecule has 0 spiro atoms. The first-order valence-corrected chi connectivity index (χ1v) is 10.8. The number of rotatable bonds is 8. The molecule has 2 rings (SSSR count). The third kappa shape index (κ3) is 9.83. The number of carboxylic acid groups (broad SMARTS) is 2. The Labute approximate surface area is 199 Å². The van der Waals surface area contributed by atoms with Crippen LogP contribution in [-0.4, -0.2) is 59.0 Å². The SMILES string of the molecule is CCC(C)c1ccc(NC(=O)CN(C)CC(=O)Nc2c(C)cccc2C)cc1.O=C(O)C(=O)O. The third-order valence-electron chi connectivity index (χ3n) is 5.13. The van der Waals surface area contributed by atoms with E-state index in [9.17, 15) is 9.59 Å². The number of amides is 2. The lowest BCUT2D eigenvalue weighted by atomic mass is 9.99. The van der Waals surface area contributed by atoms with Crippen molar-refractivity contribution in [3.8, 4) is 0 Å². The molecule has 0 bridgehead atoms. The number of nitrogens with zero attached hydrogens (tertiary/aromatic N) is 1. The van der Waals surface area contributed by atoms with E-state index in [1.165, 1.54) is 5.56 Å². The Morgan fingerprint density at radius 3 is 1.76 bits per heavy atom. The van der Waals surface area contributed by atoms with Gasteiger partial charge in [-0.05, 0) is 62.1 Å². The number of carbonyl (C=O) groups is 4. The van der Waals surface area contributed by atoms with Gasteiger partial charge in [0.25, 0.3) is 0 Å². The lowest BCUT2D eigenvalue weighted by Gasteiger charge is -2.17. The van der Waals surface area contributed by atoms with Crippen LogP contribution in [0.4, 0.5) is 11.4 Å². The van der Waals surface area contributed by atoms with Gasteiger partial charge in [0.05, 0.1) is 13.1 Å². The van der Waals surface area contributed by atoms with Gasteiger partial charge < -0.3 is 20.8 Å². The Bertz CT molecular complexity index is 972. The Kier molecular flexibility index (Phi) is 11.4. The predicted molar refractivity (Wildman–Crippen MR) is 131 cm³/mol. The summed E-state index contributed by atoms with van der Waals surface area (Å²) in [7, 11) is 1.76. The van der Waals surface area contributed by atoms with Crippen LogP contribution in [-0.2, 0) is 19.2 Å². The van der Waals surface area contributed by atoms with E-state index >= 15 is 0 Å². The molecule has 9 heteroatoms. The van der Waals surface area contributed by atoms with Crippen LogP contribution in [0.15, 0.2) is 42.5 Å². The molecule has 9 nitrogen and oxygen atoms in total. The third-order valence-corrected chi connectivity index (χ3v) is 5.13. The van der Waals surface area contributed by atoms with E-state index in [1.54, 1.807) is 11.9 Å². The monoisotopic (exact) mass is 471 g/mol. The topological polar surface area (TPSA) is 136 Å². The zero-order valence-corrected chi connectivity index (χ0v) is 20.2. The van der Waals surface area contributed by atoms with Gasteiger partial charge in [0.15, 0.2) is 0 Å². The number of carbonyl (C=O) groups excluding carboxylic acids is 2. The second-order valence-electron chi connectivity index (χ2n) is 8.08. The van der Waals surface area contributed by atoms with E-state index in [-0.39, 0.29) is 24.9 Å². The molecular weight excluding hydrogens is 438 g/mol. The molecule has 2 aromatic rings. The number of anilines is 2. The number of hydrogen-bond acceptors (Lipinski definition) is 5. The molecule has 0 aliphatic carbocycles. The molecule has 0 radical (unpaired) electrons. The summed E-state index contributed by atoms with van der Waals surface area (Å²) in [5.41, 5.74) is 4.92. The fraction of sp³-hybridized carbons (Fsp3) is 0.360. The smallest absolute Gasteiger partial charge is 0.414 e. The molecule has 184 valence electrons. The highest BCUT2D eigenvalue weighted by molar-refractivity contribution is 6.27. The molecule has 0 saturated heterocycles. The van der Waals surface area contributed by atoms with Crippen molar-refractivity contribution in [3.63, 3.8) is 0 Å². The summed E-state index contributed by atoms with van der Waals surface area (Å²) in [6.45, 7) is 8.57. The van der Waals surface area contributed by atoms with Crippen LogP contribution >= 0.6 is 0 Å². The minimum absolute atomic E-state index is 0.134. The molecule has 0 aromatic heterocycles. The van der Waals surface area contributed by atoms with E-state index < -0.39 is 11.9 Å². The predicted octanol–water partition coefficient (Wildman–Crippen LogP) is 3.48. The van der Waals surface area contributed by atoms with Gasteiger partial charge in [-0.3, -0.25) is 14.5 Å². The van der Waals surface area contributed by atoms with Gasteiger partial charge in [-0.2, -0.15) is 0 Å². The fourth-order valence-electron chi connectivity index (χ4n) is 3.07. The number of likely N-dealkylation sites (N-methyl/N-ethyl adjacent to an activating group) is 1. The van der Waals surface area contributed by atoms with E-state index in [4.69, 9.17) is 19.8 Å². The molecular formula is C25H33N3O6. The summed E-state index contributed by atoms with van der Waals surface area (Å²) in [6.07, 6.45) is 1.08. The average Bonchev–Trinajstić information content (AvgIpc) is 2.76. The molecule has 1 atom stereocenters. The van der Waals surface area contributed by atoms with Crippen LogP contribution in [0, 0.1) is 13.8 Å². The maximum atomic E-state index is 12.3. The molecule has 0 aliphatic rings. The quantitative estimate of drug-likeness (QED) is 0.433. The summed E-state index contributed by atoms with van der Waals surface area (Å²) in [6, 6.07) is 13.8. The molecule has 2 aromatic carbocycles. The second kappa shape index (κ2) is 13.7. The molecule has 0 aliphatic heterocycles. The Morgan fingerprint density at radius 1 is 0.853 bits per heavy atom. The van der Waals surface area contributed by atoms with Crippen LogP contribution < -0.4 is 10.6 Å². The first-order chi connectivity index (χ1) is 15.9. The number of benzene rings is 2. The zero-order valence-electron chi connectivity index (χ0n) is 20.2. The van der Waals surface area contributed by atoms with Gasteiger partial charge in [-0.15, -0.1) is 0 Å². The molecule has 2 amide bonds. The van der Waals surface area contributed by atoms with Gasteiger partial charge in [0.1, 0.15) is 0 Å². The van der Waals surface area contributed by atoms with Crippen LogP contribution in [0.2, 0.25) is 0 Å². The zero-order chi connectivity index (χ0) is 25.8. The van der Waals surface area contributed by atoms with E-state index in [2.05, 4.69) is 24.5 Å². The van der Waals surface area contributed by atoms with E-state index in [0.717, 1.165) is 28.9 Å². The first-order valence-electron chi connectivity index (χ1n) is 10.8. The molecule has 0 fully saturated rings. The van der Waals surface area contributed by atoms with Crippen molar-refractivity contribution in [2.75, 3.05) is 30.8 Å². The fourth-order valence-corrected chi connectivity index (χ4v) is 3.07. The van der Waals surface area contributed by atoms with Crippen molar-refractivity contribution in [2.45, 2.75) is 40.0 Å². The highest BCUT2D eigenvalue weighted by Gasteiger charge is 2.13. The van der Waals surface area contributed by atoms with Gasteiger partial charge >= 0.3 is 11.9 Å². The number of carboxylic acids is 2. The normalized spacial score (nSPS) is 11.1. The number of aryl methyl sites for hydroxylation is 2. The molecule has 0 saturated carbocycles. The Hall–Kier alpha value is -3.72. The van der Waals surface area contributed by atoms with Gasteiger partial charge in [0.2, 0.25) is 11.8 Å². The van der Waals surface area contributed by atoms with Crippen molar-refractivity contribution in [2.24, 2.45) is 0 Å². The van der Waals surface area contributed by atoms with Crippen molar-refractivity contribution in [3.05, 3.63) is 59.2 Å². The van der Waals surface area contributed by atoms with E-state index in [0.29, 0.717) is 5.92 Å². The largest absolute Gasteiger partial charge is 0.473 e. The standard InChI is InChI=1S/C23H31N3O2.C2H2O4/c1-6-16(2)19-10-12-20(13-11-19)24-21(27)14-26(5)15-22(28)25-23-17(3)8-7-9-18(23)4;3-1(4)2(5)6/h7-13,16H,6,14-15H2,1-5H3,(H,24,27)(H,25,28);(H,3,4)(H,5,6). The van der Waals surface area contributed by atoms with Crippen LogP contribution in [0.1, 0.15) is 42.9 Å². The first kappa shape index (κ1) is 28.3. The number of nitrogens with one attached hydrogen (secondary N) is 2. The van der Waals surface area contributed by atoms with Crippen molar-refractivity contribution < 1.29 is 29.4 Å². The van der Waals surface area contributed by atoms with Crippen molar-refractivity contribution in [1.82, 2.24) is 4.90 Å². The summed E-state index contributed by atoms with van der Waals surface area (Å²) >= 11 is 0. The molecule has 1 unspecified atom stereocenters. The van der Waals surface area contributed by atoms with Crippen molar-refractivity contribution >= 4 is 35.1 Å². The number of hydrogen-bond donors (Lipinski definition) is 4. The lowest BCUT2D eigenvalue weighted by Crippen LogP contribution is -2.36. The maximum absolute atomic E-state index is 12.3. The average molecular weight is 472 g/mol. The second-order valence-corrected chi connectivity index (χ2v) is 8.08. The number of aliphatic carboxylic acids is 2. The maximum Gasteiger partial charge on any atom is 0.414 e. The minimum Gasteiger partial charge on any atom is -0.473 e. The summed E-state index contributed by atoms with van der Waals surface area (Å²) < 4.78 is 0. The summed E-state index contributed by atoms with van der Waals surface area (Å²) in [5, 5.41) is 20.6. The highest BCUT2D eigenvalue weighted by Crippen LogP contribution is 2.21. The lowest BCUT2D eigenvalue weighted by molar-refractivity contribution is -0.159. The highest BCUT2D eigenvalue weighted by atomic mass is 16.4. The minimum atomic E-state index is -1.82. The van der Waals surface area contributed by atoms with Crippen molar-refractivity contribution in [1.29, 1.82) is 0 Å². The summed E-state index contributed by atoms with van der Waals surface area (Å²) in [5.74, 6) is -3.42. The van der Waals surface area contributed by atoms with Crippen LogP contribution in [0.25, 0.3) is 0 Å². The number of para-hydroxylation sites is 1. The summed E-state index contributed by atoms with van der Waals surface area (Å²) in [4.78, 5) is 44.5. The van der Waals surface area contributed by atoms with Gasteiger partial charge in [-0.25, -0.2) is 9.59 Å². The van der Waals surface area contributed by atoms with Gasteiger partial charge in [0, 0.05) is 11.4 Å². The molecule has 34 heavy (non-hydrogen) atoms. The van der Waals surface area contributed by atoms with Crippen LogP contribution in [0.5, 0.6) is 0 Å². The van der Waals surface area contributed by atoms with Gasteiger partial charge in [-0.1, -0.05) is 44.2 Å². The molecule has 4 N–H and O–H groups in total. The Morgan fingerprint density at radius 2 is 1.32 bits per heavy atom.